The fourth-order valence-electron chi connectivity index (χ4n) is 1.00. The van der Waals surface area contributed by atoms with Crippen LogP contribution in [0.4, 0.5) is 4.39 Å². The molecule has 0 amide bonds. The molecule has 13 heavy (non-hydrogen) atoms. The number of hydrogen-bond acceptors (Lipinski definition) is 2. The first-order valence-corrected chi connectivity index (χ1v) is 4.26. The van der Waals surface area contributed by atoms with Crippen LogP contribution in [0.2, 0.25) is 0 Å². The number of halogens is 1. The van der Waals surface area contributed by atoms with Gasteiger partial charge in [-0.05, 0) is 26.0 Å². The molecule has 1 rings (SSSR count). The normalized spacial score (nSPS) is 12.5. The van der Waals surface area contributed by atoms with Crippen LogP contribution in [0.15, 0.2) is 24.3 Å². The van der Waals surface area contributed by atoms with E-state index in [9.17, 15) is 4.39 Å². The first-order valence-electron chi connectivity index (χ1n) is 4.26. The fraction of sp³-hybridized carbons (Fsp3) is 0.400. The topological polar surface area (TPSA) is 18.5 Å². The molecule has 1 unspecified atom stereocenters. The fourth-order valence-corrected chi connectivity index (χ4v) is 1.00. The first-order chi connectivity index (χ1) is 6.22. The standard InChI is InChI=1S/C10H13FO2/c1-3-12-8(2)13-10-6-4-5-9(11)7-10/h4-8H,3H2,1-2H3. The average Bonchev–Trinajstić information content (AvgIpc) is 2.04. The van der Waals surface area contributed by atoms with Crippen LogP contribution in [0.1, 0.15) is 13.8 Å². The lowest BCUT2D eigenvalue weighted by atomic mass is 10.3. The summed E-state index contributed by atoms with van der Waals surface area (Å²) in [5.41, 5.74) is 0. The lowest BCUT2D eigenvalue weighted by Crippen LogP contribution is -2.15. The van der Waals surface area contributed by atoms with E-state index in [1.807, 2.05) is 6.92 Å². The van der Waals surface area contributed by atoms with Gasteiger partial charge in [0.25, 0.3) is 0 Å². The predicted molar refractivity (Wildman–Crippen MR) is 48.1 cm³/mol. The van der Waals surface area contributed by atoms with E-state index in [0.717, 1.165) is 0 Å². The summed E-state index contributed by atoms with van der Waals surface area (Å²) in [4.78, 5) is 0. The Labute approximate surface area is 77.3 Å². The van der Waals surface area contributed by atoms with Gasteiger partial charge in [-0.15, -0.1) is 0 Å². The Bertz CT molecular complexity index is 263. The van der Waals surface area contributed by atoms with Crippen molar-refractivity contribution in [1.82, 2.24) is 0 Å². The third-order valence-corrected chi connectivity index (χ3v) is 1.50. The van der Waals surface area contributed by atoms with Crippen molar-refractivity contribution in [2.45, 2.75) is 20.1 Å². The minimum absolute atomic E-state index is 0.304. The molecular weight excluding hydrogens is 171 g/mol. The SMILES string of the molecule is CCOC(C)Oc1cccc(F)c1. The summed E-state index contributed by atoms with van der Waals surface area (Å²) >= 11 is 0. The molecule has 3 heteroatoms. The Morgan fingerprint density at radius 3 is 2.85 bits per heavy atom. The lowest BCUT2D eigenvalue weighted by molar-refractivity contribution is -0.0614. The van der Waals surface area contributed by atoms with E-state index in [2.05, 4.69) is 0 Å². The highest BCUT2D eigenvalue weighted by atomic mass is 19.1. The summed E-state index contributed by atoms with van der Waals surface area (Å²) in [5, 5.41) is 0. The second-order valence-corrected chi connectivity index (χ2v) is 2.60. The van der Waals surface area contributed by atoms with Gasteiger partial charge in [-0.3, -0.25) is 0 Å². The minimum atomic E-state index is -0.341. The van der Waals surface area contributed by atoms with Gasteiger partial charge in [0.1, 0.15) is 11.6 Å². The smallest absolute Gasteiger partial charge is 0.196 e. The highest BCUT2D eigenvalue weighted by molar-refractivity contribution is 5.22. The van der Waals surface area contributed by atoms with Crippen LogP contribution in [0.5, 0.6) is 5.75 Å². The van der Waals surface area contributed by atoms with Gasteiger partial charge in [0.05, 0.1) is 0 Å². The summed E-state index contributed by atoms with van der Waals surface area (Å²) in [6.45, 7) is 4.23. The van der Waals surface area contributed by atoms with Crippen LogP contribution < -0.4 is 4.74 Å². The number of ether oxygens (including phenoxy) is 2. The first kappa shape index (κ1) is 9.99. The summed E-state index contributed by atoms with van der Waals surface area (Å²) in [7, 11) is 0. The third kappa shape index (κ3) is 3.42. The zero-order valence-electron chi connectivity index (χ0n) is 7.79. The molecule has 0 spiro atoms. The number of rotatable bonds is 4. The van der Waals surface area contributed by atoms with Gasteiger partial charge in [0.15, 0.2) is 6.29 Å². The molecule has 0 aliphatic heterocycles. The molecule has 0 bridgehead atoms. The summed E-state index contributed by atoms with van der Waals surface area (Å²) < 4.78 is 23.1. The van der Waals surface area contributed by atoms with Gasteiger partial charge >= 0.3 is 0 Å². The van der Waals surface area contributed by atoms with Crippen LogP contribution >= 0.6 is 0 Å². The highest BCUT2D eigenvalue weighted by Crippen LogP contribution is 2.13. The van der Waals surface area contributed by atoms with Gasteiger partial charge in [-0.2, -0.15) is 0 Å². The second kappa shape index (κ2) is 4.82. The van der Waals surface area contributed by atoms with Gasteiger partial charge in [-0.25, -0.2) is 4.39 Å². The summed E-state index contributed by atoms with van der Waals surface area (Å²) in [5.74, 6) is 0.183. The van der Waals surface area contributed by atoms with Crippen molar-refractivity contribution in [3.8, 4) is 5.75 Å². The lowest BCUT2D eigenvalue weighted by Gasteiger charge is -2.13. The van der Waals surface area contributed by atoms with Crippen LogP contribution in [-0.4, -0.2) is 12.9 Å². The molecule has 72 valence electrons. The average molecular weight is 184 g/mol. The molecule has 0 aromatic heterocycles. The Morgan fingerprint density at radius 1 is 1.46 bits per heavy atom. The second-order valence-electron chi connectivity index (χ2n) is 2.60. The molecule has 0 heterocycles. The molecule has 1 atom stereocenters. The van der Waals surface area contributed by atoms with Crippen molar-refractivity contribution < 1.29 is 13.9 Å². The molecule has 0 saturated carbocycles. The van der Waals surface area contributed by atoms with E-state index in [4.69, 9.17) is 9.47 Å². The molecule has 0 radical (unpaired) electrons. The van der Waals surface area contributed by atoms with Crippen molar-refractivity contribution in [3.05, 3.63) is 30.1 Å². The van der Waals surface area contributed by atoms with Crippen LogP contribution in [0.3, 0.4) is 0 Å². The largest absolute Gasteiger partial charge is 0.465 e. The van der Waals surface area contributed by atoms with E-state index in [1.165, 1.54) is 12.1 Å². The third-order valence-electron chi connectivity index (χ3n) is 1.50. The maximum absolute atomic E-state index is 12.7. The molecule has 0 aliphatic rings. The maximum atomic E-state index is 12.7. The molecule has 2 nitrogen and oxygen atoms in total. The van der Waals surface area contributed by atoms with Gasteiger partial charge in [0.2, 0.25) is 0 Å². The van der Waals surface area contributed by atoms with E-state index in [-0.39, 0.29) is 12.1 Å². The summed E-state index contributed by atoms with van der Waals surface area (Å²) in [6.07, 6.45) is -0.341. The molecule has 0 aliphatic carbocycles. The van der Waals surface area contributed by atoms with Crippen molar-refractivity contribution in [1.29, 1.82) is 0 Å². The Kier molecular flexibility index (Phi) is 3.71. The molecule has 0 saturated heterocycles. The zero-order chi connectivity index (χ0) is 9.68. The van der Waals surface area contributed by atoms with E-state index < -0.39 is 0 Å². The molecule has 1 aromatic carbocycles. The number of hydrogen-bond donors (Lipinski definition) is 0. The van der Waals surface area contributed by atoms with Crippen molar-refractivity contribution in [2.75, 3.05) is 6.61 Å². The molecule has 0 fully saturated rings. The van der Waals surface area contributed by atoms with Crippen molar-refractivity contribution in [3.63, 3.8) is 0 Å². The zero-order valence-corrected chi connectivity index (χ0v) is 7.79. The van der Waals surface area contributed by atoms with Crippen LogP contribution in [-0.2, 0) is 4.74 Å². The summed E-state index contributed by atoms with van der Waals surface area (Å²) in [6, 6.07) is 6.00. The minimum Gasteiger partial charge on any atom is -0.465 e. The van der Waals surface area contributed by atoms with Gasteiger partial charge in [-0.1, -0.05) is 6.07 Å². The predicted octanol–water partition coefficient (Wildman–Crippen LogP) is 2.59. The van der Waals surface area contributed by atoms with E-state index in [0.29, 0.717) is 12.4 Å². The molecule has 0 N–H and O–H groups in total. The maximum Gasteiger partial charge on any atom is 0.196 e. The van der Waals surface area contributed by atoms with Crippen molar-refractivity contribution >= 4 is 0 Å². The monoisotopic (exact) mass is 184 g/mol. The van der Waals surface area contributed by atoms with Gasteiger partial charge in [0, 0.05) is 12.7 Å². The Balaban J connectivity index is 2.53. The Morgan fingerprint density at radius 2 is 2.23 bits per heavy atom. The van der Waals surface area contributed by atoms with E-state index in [1.54, 1.807) is 19.1 Å². The number of benzene rings is 1. The molecular formula is C10H13FO2. The van der Waals surface area contributed by atoms with E-state index >= 15 is 0 Å². The highest BCUT2D eigenvalue weighted by Gasteiger charge is 2.02. The van der Waals surface area contributed by atoms with Gasteiger partial charge < -0.3 is 9.47 Å². The van der Waals surface area contributed by atoms with Crippen LogP contribution in [0, 0.1) is 5.82 Å². The Hall–Kier alpha value is -1.09. The van der Waals surface area contributed by atoms with Crippen molar-refractivity contribution in [2.24, 2.45) is 0 Å². The molecule has 1 aromatic rings. The van der Waals surface area contributed by atoms with Crippen LogP contribution in [0.25, 0.3) is 0 Å². The quantitative estimate of drug-likeness (QED) is 0.669.